The van der Waals surface area contributed by atoms with E-state index in [9.17, 15) is 4.79 Å². The maximum absolute atomic E-state index is 11.0. The number of hydrogen-bond donors (Lipinski definition) is 1. The average molecular weight is 239 g/mol. The minimum atomic E-state index is -0.653. The molecule has 0 spiro atoms. The fraction of sp³-hybridized carbons (Fsp3) is 0.875. The molecule has 3 nitrogen and oxygen atoms in total. The summed E-state index contributed by atoms with van der Waals surface area (Å²) in [5, 5.41) is 9.47. The van der Waals surface area contributed by atoms with Crippen molar-refractivity contribution in [3.63, 3.8) is 0 Å². The van der Waals surface area contributed by atoms with Crippen molar-refractivity contribution in [1.82, 2.24) is 0 Å². The van der Waals surface area contributed by atoms with Gasteiger partial charge < -0.3 is 9.84 Å². The van der Waals surface area contributed by atoms with Crippen LogP contribution in [0.3, 0.4) is 0 Å². The first-order chi connectivity index (χ1) is 5.35. The number of carbonyl (C=O) groups is 1. The molecule has 0 saturated carbocycles. The molecule has 0 rings (SSSR count). The molecule has 0 amide bonds. The van der Waals surface area contributed by atoms with Crippen LogP contribution in [-0.4, -0.2) is 28.1 Å². The Morgan fingerprint density at radius 3 is 2.42 bits per heavy atom. The molecule has 4 heteroatoms. The van der Waals surface area contributed by atoms with Gasteiger partial charge in [0, 0.05) is 5.33 Å². The van der Waals surface area contributed by atoms with Crippen LogP contribution in [0.5, 0.6) is 0 Å². The zero-order chi connectivity index (χ0) is 9.78. The van der Waals surface area contributed by atoms with Gasteiger partial charge >= 0.3 is 5.97 Å². The predicted octanol–water partition coefficient (Wildman–Crippen LogP) is 1.47. The molecule has 0 aromatic heterocycles. The Kier molecular flexibility index (Phi) is 4.78. The Labute approximate surface area is 81.2 Å². The van der Waals surface area contributed by atoms with Crippen molar-refractivity contribution in [2.45, 2.75) is 38.9 Å². The lowest BCUT2D eigenvalue weighted by atomic mass is 10.2. The van der Waals surface area contributed by atoms with Gasteiger partial charge in [-0.1, -0.05) is 15.9 Å². The van der Waals surface area contributed by atoms with Crippen LogP contribution in [0.2, 0.25) is 0 Å². The zero-order valence-corrected chi connectivity index (χ0v) is 9.22. The topological polar surface area (TPSA) is 46.5 Å². The van der Waals surface area contributed by atoms with Gasteiger partial charge in [0.2, 0.25) is 0 Å². The molecular weight excluding hydrogens is 224 g/mol. The molecule has 0 heterocycles. The zero-order valence-electron chi connectivity index (χ0n) is 7.63. The Morgan fingerprint density at radius 2 is 2.08 bits per heavy atom. The van der Waals surface area contributed by atoms with Crippen LogP contribution in [0, 0.1) is 0 Å². The predicted molar refractivity (Wildman–Crippen MR) is 50.3 cm³/mol. The summed E-state index contributed by atoms with van der Waals surface area (Å²) in [6, 6.07) is 0. The molecule has 0 aromatic carbocycles. The normalized spacial score (nSPS) is 14.1. The summed E-state index contributed by atoms with van der Waals surface area (Å²) in [5.74, 6) is -0.366. The number of halogens is 1. The van der Waals surface area contributed by atoms with Gasteiger partial charge in [0.15, 0.2) is 0 Å². The largest absolute Gasteiger partial charge is 0.460 e. The monoisotopic (exact) mass is 238 g/mol. The van der Waals surface area contributed by atoms with E-state index in [0.29, 0.717) is 5.33 Å². The number of carbonyl (C=O) groups excluding carboxylic acids is 1. The first-order valence-corrected chi connectivity index (χ1v) is 4.93. The number of alkyl halides is 1. The van der Waals surface area contributed by atoms with E-state index in [1.807, 2.05) is 0 Å². The second-order valence-corrected chi connectivity index (χ2v) is 4.25. The van der Waals surface area contributed by atoms with E-state index in [2.05, 4.69) is 15.9 Å². The van der Waals surface area contributed by atoms with Crippen LogP contribution >= 0.6 is 15.9 Å². The maximum Gasteiger partial charge on any atom is 0.308 e. The molecule has 0 unspecified atom stereocenters. The van der Waals surface area contributed by atoms with Crippen LogP contribution in [0.4, 0.5) is 0 Å². The number of rotatable bonds is 3. The fourth-order valence-corrected chi connectivity index (χ4v) is 0.859. The molecule has 0 aliphatic heterocycles. The molecule has 12 heavy (non-hydrogen) atoms. The standard InChI is InChI=1S/C8H15BrO3/c1-8(2,3)12-7(11)4-6(10)5-9/h6,10H,4-5H2,1-3H3/t6-/m0/s1. The highest BCUT2D eigenvalue weighted by molar-refractivity contribution is 9.09. The van der Waals surface area contributed by atoms with Crippen LogP contribution in [0.25, 0.3) is 0 Å². The summed E-state index contributed by atoms with van der Waals surface area (Å²) in [6.45, 7) is 5.39. The van der Waals surface area contributed by atoms with Gasteiger partial charge in [0.25, 0.3) is 0 Å². The molecule has 0 radical (unpaired) electrons. The van der Waals surface area contributed by atoms with Crippen LogP contribution < -0.4 is 0 Å². The van der Waals surface area contributed by atoms with Crippen molar-refractivity contribution in [3.8, 4) is 0 Å². The highest BCUT2D eigenvalue weighted by Crippen LogP contribution is 2.09. The Hall–Kier alpha value is -0.0900. The minimum Gasteiger partial charge on any atom is -0.460 e. The molecule has 0 aliphatic rings. The number of hydrogen-bond acceptors (Lipinski definition) is 3. The SMILES string of the molecule is CC(C)(C)OC(=O)C[C@H](O)CBr. The van der Waals surface area contributed by atoms with Crippen molar-refractivity contribution >= 4 is 21.9 Å². The van der Waals surface area contributed by atoms with E-state index in [1.165, 1.54) is 0 Å². The first-order valence-electron chi connectivity index (χ1n) is 3.81. The second kappa shape index (κ2) is 4.82. The van der Waals surface area contributed by atoms with Gasteiger partial charge in [-0.05, 0) is 20.8 Å². The van der Waals surface area contributed by atoms with Gasteiger partial charge in [-0.25, -0.2) is 0 Å². The van der Waals surface area contributed by atoms with E-state index in [0.717, 1.165) is 0 Å². The molecular formula is C8H15BrO3. The molecule has 0 bridgehead atoms. The lowest BCUT2D eigenvalue weighted by molar-refractivity contribution is -0.156. The van der Waals surface area contributed by atoms with Gasteiger partial charge in [0.1, 0.15) is 5.60 Å². The van der Waals surface area contributed by atoms with Gasteiger partial charge in [-0.2, -0.15) is 0 Å². The molecule has 72 valence electrons. The molecule has 0 saturated heterocycles. The van der Waals surface area contributed by atoms with Gasteiger partial charge in [0.05, 0.1) is 12.5 Å². The lowest BCUT2D eigenvalue weighted by Crippen LogP contribution is -2.26. The summed E-state index contributed by atoms with van der Waals surface area (Å²) < 4.78 is 4.99. The van der Waals surface area contributed by atoms with E-state index in [-0.39, 0.29) is 12.4 Å². The van der Waals surface area contributed by atoms with Gasteiger partial charge in [-0.3, -0.25) is 4.79 Å². The second-order valence-electron chi connectivity index (χ2n) is 3.60. The van der Waals surface area contributed by atoms with Crippen molar-refractivity contribution in [2.24, 2.45) is 0 Å². The number of esters is 1. The average Bonchev–Trinajstić information content (AvgIpc) is 1.82. The molecule has 1 N–H and O–H groups in total. The third-order valence-corrected chi connectivity index (χ3v) is 1.75. The third kappa shape index (κ3) is 6.61. The summed E-state index contributed by atoms with van der Waals surface area (Å²) in [7, 11) is 0. The van der Waals surface area contributed by atoms with Crippen molar-refractivity contribution in [1.29, 1.82) is 0 Å². The number of aliphatic hydroxyl groups is 1. The Bertz CT molecular complexity index is 151. The smallest absolute Gasteiger partial charge is 0.308 e. The van der Waals surface area contributed by atoms with Gasteiger partial charge in [-0.15, -0.1) is 0 Å². The number of ether oxygens (including phenoxy) is 1. The highest BCUT2D eigenvalue weighted by Gasteiger charge is 2.18. The quantitative estimate of drug-likeness (QED) is 0.599. The van der Waals surface area contributed by atoms with E-state index >= 15 is 0 Å². The highest BCUT2D eigenvalue weighted by atomic mass is 79.9. The summed E-state index contributed by atoms with van der Waals surface area (Å²) in [5.41, 5.74) is -0.469. The van der Waals surface area contributed by atoms with Crippen molar-refractivity contribution in [2.75, 3.05) is 5.33 Å². The van der Waals surface area contributed by atoms with Crippen LogP contribution in [0.1, 0.15) is 27.2 Å². The van der Waals surface area contributed by atoms with Crippen LogP contribution in [0.15, 0.2) is 0 Å². The first kappa shape index (κ1) is 11.9. The summed E-state index contributed by atoms with van der Waals surface area (Å²) >= 11 is 3.07. The molecule has 0 fully saturated rings. The van der Waals surface area contributed by atoms with E-state index < -0.39 is 11.7 Å². The van der Waals surface area contributed by atoms with E-state index in [4.69, 9.17) is 9.84 Å². The summed E-state index contributed by atoms with van der Waals surface area (Å²) in [6.07, 6.45) is -0.609. The summed E-state index contributed by atoms with van der Waals surface area (Å²) in [4.78, 5) is 11.0. The Balaban J connectivity index is 3.75. The molecule has 1 atom stereocenters. The number of aliphatic hydroxyl groups excluding tert-OH is 1. The van der Waals surface area contributed by atoms with Crippen LogP contribution in [-0.2, 0) is 9.53 Å². The van der Waals surface area contributed by atoms with E-state index in [1.54, 1.807) is 20.8 Å². The lowest BCUT2D eigenvalue weighted by Gasteiger charge is -2.20. The minimum absolute atomic E-state index is 0.0442. The third-order valence-electron chi connectivity index (χ3n) is 1.00. The molecule has 0 aliphatic carbocycles. The maximum atomic E-state index is 11.0. The molecule has 0 aromatic rings. The van der Waals surface area contributed by atoms with Crippen molar-refractivity contribution in [3.05, 3.63) is 0 Å². The Morgan fingerprint density at radius 1 is 1.58 bits per heavy atom. The fourth-order valence-electron chi connectivity index (χ4n) is 0.630. The van der Waals surface area contributed by atoms with Crippen molar-refractivity contribution < 1.29 is 14.6 Å².